The normalized spacial score (nSPS) is 15.2. The molecule has 1 aliphatic rings. The van der Waals surface area contributed by atoms with Crippen molar-refractivity contribution < 1.29 is 9.53 Å². The molecule has 0 aromatic heterocycles. The molecule has 5 nitrogen and oxygen atoms in total. The summed E-state index contributed by atoms with van der Waals surface area (Å²) in [7, 11) is 3.71. The zero-order chi connectivity index (χ0) is 11.4. The number of nitriles is 1. The van der Waals surface area contributed by atoms with E-state index in [1.807, 2.05) is 30.0 Å². The molecule has 15 heavy (non-hydrogen) atoms. The molecule has 0 bridgehead atoms. The predicted molar refractivity (Wildman–Crippen MR) is 54.5 cm³/mol. The number of nitrogens with zero attached hydrogens (tertiary/aromatic N) is 3. The molecule has 1 fully saturated rings. The van der Waals surface area contributed by atoms with Gasteiger partial charge in [-0.15, -0.1) is 0 Å². The molecule has 0 aromatic carbocycles. The van der Waals surface area contributed by atoms with Gasteiger partial charge in [-0.1, -0.05) is 0 Å². The second-order valence-electron chi connectivity index (χ2n) is 3.37. The lowest BCUT2D eigenvalue weighted by molar-refractivity contribution is -0.138. The second-order valence-corrected chi connectivity index (χ2v) is 3.37. The molecular formula is C10H15N3O2. The quantitative estimate of drug-likeness (QED) is 0.368. The van der Waals surface area contributed by atoms with Crippen LogP contribution in [-0.4, -0.2) is 49.6 Å². The zero-order valence-corrected chi connectivity index (χ0v) is 9.28. The number of carbonyl (C=O) groups excluding carboxylic acids is 1. The Balaban J connectivity index is 3.02. The zero-order valence-electron chi connectivity index (χ0n) is 9.28. The van der Waals surface area contributed by atoms with E-state index in [1.165, 1.54) is 0 Å². The minimum absolute atomic E-state index is 0.0827. The standard InChI is InChI=1S/C10H15N3O2/c1-4-15-10(14)8(7-11)9-12(2)5-6-13(9)3/h4-6H2,1-3H3. The third-order valence-corrected chi connectivity index (χ3v) is 2.31. The summed E-state index contributed by atoms with van der Waals surface area (Å²) in [6.45, 7) is 3.64. The van der Waals surface area contributed by atoms with Crippen LogP contribution < -0.4 is 0 Å². The lowest BCUT2D eigenvalue weighted by Gasteiger charge is -2.18. The number of ether oxygens (including phenoxy) is 1. The summed E-state index contributed by atoms with van der Waals surface area (Å²) in [5.74, 6) is 0.103. The third-order valence-electron chi connectivity index (χ3n) is 2.31. The Morgan fingerprint density at radius 1 is 1.47 bits per heavy atom. The van der Waals surface area contributed by atoms with Crippen LogP contribution in [0.1, 0.15) is 6.92 Å². The van der Waals surface area contributed by atoms with Crippen molar-refractivity contribution in [1.29, 1.82) is 5.26 Å². The minimum Gasteiger partial charge on any atom is -0.462 e. The van der Waals surface area contributed by atoms with Gasteiger partial charge in [-0.05, 0) is 6.92 Å². The molecule has 0 spiro atoms. The van der Waals surface area contributed by atoms with E-state index in [0.29, 0.717) is 5.82 Å². The largest absolute Gasteiger partial charge is 0.462 e. The van der Waals surface area contributed by atoms with Crippen molar-refractivity contribution in [3.05, 3.63) is 11.4 Å². The van der Waals surface area contributed by atoms with Crippen molar-refractivity contribution in [3.63, 3.8) is 0 Å². The van der Waals surface area contributed by atoms with Crippen molar-refractivity contribution >= 4 is 5.97 Å². The Hall–Kier alpha value is -1.70. The summed E-state index contributed by atoms with van der Waals surface area (Å²) in [6, 6.07) is 1.91. The van der Waals surface area contributed by atoms with Gasteiger partial charge in [0.25, 0.3) is 0 Å². The van der Waals surface area contributed by atoms with E-state index in [0.717, 1.165) is 13.1 Å². The Kier molecular flexibility index (Phi) is 3.56. The van der Waals surface area contributed by atoms with Crippen LogP contribution in [-0.2, 0) is 9.53 Å². The summed E-state index contributed by atoms with van der Waals surface area (Å²) < 4.78 is 4.83. The molecule has 82 valence electrons. The molecule has 0 atom stereocenters. The minimum atomic E-state index is -0.546. The number of carbonyl (C=O) groups is 1. The molecule has 1 heterocycles. The topological polar surface area (TPSA) is 56.6 Å². The summed E-state index contributed by atoms with van der Waals surface area (Å²) in [6.07, 6.45) is 0. The molecule has 1 aliphatic heterocycles. The first-order valence-electron chi connectivity index (χ1n) is 4.85. The average molecular weight is 209 g/mol. The highest BCUT2D eigenvalue weighted by molar-refractivity contribution is 5.93. The van der Waals surface area contributed by atoms with Gasteiger partial charge >= 0.3 is 5.97 Å². The van der Waals surface area contributed by atoms with E-state index in [4.69, 9.17) is 10.00 Å². The van der Waals surface area contributed by atoms with E-state index < -0.39 is 5.97 Å². The molecular weight excluding hydrogens is 194 g/mol. The molecule has 0 amide bonds. The highest BCUT2D eigenvalue weighted by atomic mass is 16.5. The monoisotopic (exact) mass is 209 g/mol. The van der Waals surface area contributed by atoms with Crippen molar-refractivity contribution in [2.75, 3.05) is 33.8 Å². The summed E-state index contributed by atoms with van der Waals surface area (Å²) in [5, 5.41) is 8.96. The van der Waals surface area contributed by atoms with E-state index in [9.17, 15) is 4.79 Å². The maximum atomic E-state index is 11.5. The number of hydrogen-bond donors (Lipinski definition) is 0. The Morgan fingerprint density at radius 3 is 2.40 bits per heavy atom. The fraction of sp³-hybridized carbons (Fsp3) is 0.600. The van der Waals surface area contributed by atoms with E-state index in [1.54, 1.807) is 6.92 Å². The van der Waals surface area contributed by atoms with Crippen LogP contribution in [0.25, 0.3) is 0 Å². The maximum Gasteiger partial charge on any atom is 0.352 e. The Bertz CT molecular complexity index is 318. The first kappa shape index (κ1) is 11.4. The molecule has 0 radical (unpaired) electrons. The van der Waals surface area contributed by atoms with Crippen molar-refractivity contribution in [1.82, 2.24) is 9.80 Å². The highest BCUT2D eigenvalue weighted by Gasteiger charge is 2.26. The molecule has 5 heteroatoms. The lowest BCUT2D eigenvalue weighted by Crippen LogP contribution is -2.22. The van der Waals surface area contributed by atoms with Crippen LogP contribution in [0, 0.1) is 11.3 Å². The first-order valence-corrected chi connectivity index (χ1v) is 4.85. The predicted octanol–water partition coefficient (Wildman–Crippen LogP) is 0.162. The fourth-order valence-electron chi connectivity index (χ4n) is 1.58. The van der Waals surface area contributed by atoms with Crippen LogP contribution in [0.5, 0.6) is 0 Å². The van der Waals surface area contributed by atoms with E-state index in [-0.39, 0.29) is 12.2 Å². The van der Waals surface area contributed by atoms with Gasteiger partial charge in [-0.3, -0.25) is 0 Å². The average Bonchev–Trinajstić information content (AvgIpc) is 2.51. The van der Waals surface area contributed by atoms with Crippen LogP contribution in [0.3, 0.4) is 0 Å². The first-order chi connectivity index (χ1) is 7.11. The molecule has 0 aromatic rings. The SMILES string of the molecule is CCOC(=O)C(C#N)=C1N(C)CCN1C. The number of esters is 1. The fourth-order valence-corrected chi connectivity index (χ4v) is 1.58. The molecule has 1 rings (SSSR count). The Labute approximate surface area is 89.5 Å². The second kappa shape index (κ2) is 4.69. The van der Waals surface area contributed by atoms with Crippen LogP contribution in [0.4, 0.5) is 0 Å². The lowest BCUT2D eigenvalue weighted by atomic mass is 10.3. The van der Waals surface area contributed by atoms with Gasteiger partial charge in [0.2, 0.25) is 0 Å². The van der Waals surface area contributed by atoms with E-state index >= 15 is 0 Å². The highest BCUT2D eigenvalue weighted by Crippen LogP contribution is 2.18. The summed E-state index contributed by atoms with van der Waals surface area (Å²) in [4.78, 5) is 15.3. The smallest absolute Gasteiger partial charge is 0.352 e. The number of hydrogen-bond acceptors (Lipinski definition) is 5. The van der Waals surface area contributed by atoms with Crippen LogP contribution in [0.15, 0.2) is 11.4 Å². The van der Waals surface area contributed by atoms with E-state index in [2.05, 4.69) is 0 Å². The third kappa shape index (κ3) is 2.21. The number of rotatable bonds is 2. The number of likely N-dealkylation sites (N-methyl/N-ethyl adjacent to an activating group) is 2. The van der Waals surface area contributed by atoms with Gasteiger partial charge in [0, 0.05) is 27.2 Å². The van der Waals surface area contributed by atoms with Gasteiger partial charge in [0.05, 0.1) is 6.61 Å². The van der Waals surface area contributed by atoms with Gasteiger partial charge in [0.1, 0.15) is 11.9 Å². The molecule has 1 saturated heterocycles. The maximum absolute atomic E-state index is 11.5. The Morgan fingerprint density at radius 2 is 2.00 bits per heavy atom. The van der Waals surface area contributed by atoms with Crippen molar-refractivity contribution in [2.24, 2.45) is 0 Å². The summed E-state index contributed by atoms with van der Waals surface area (Å²) in [5.41, 5.74) is 0.0827. The van der Waals surface area contributed by atoms with Crippen molar-refractivity contribution in [2.45, 2.75) is 6.92 Å². The van der Waals surface area contributed by atoms with Gasteiger partial charge in [-0.2, -0.15) is 5.26 Å². The van der Waals surface area contributed by atoms with Gasteiger partial charge in [-0.25, -0.2) is 4.79 Å². The molecule has 0 saturated carbocycles. The van der Waals surface area contributed by atoms with Crippen LogP contribution in [0.2, 0.25) is 0 Å². The summed E-state index contributed by atoms with van der Waals surface area (Å²) >= 11 is 0. The molecule has 0 unspecified atom stereocenters. The molecule has 0 aliphatic carbocycles. The van der Waals surface area contributed by atoms with Crippen molar-refractivity contribution in [3.8, 4) is 6.07 Å². The van der Waals surface area contributed by atoms with Gasteiger partial charge in [0.15, 0.2) is 5.57 Å². The van der Waals surface area contributed by atoms with Crippen LogP contribution >= 0.6 is 0 Å². The molecule has 0 N–H and O–H groups in total. The van der Waals surface area contributed by atoms with Gasteiger partial charge < -0.3 is 14.5 Å².